The minimum atomic E-state index is -0.425. The SMILES string of the molecule is CCC1CCC(O)(CNC2CC(C)CCC2C)CC1. The van der Waals surface area contributed by atoms with Crippen molar-refractivity contribution in [2.75, 3.05) is 6.54 Å². The Morgan fingerprint density at radius 1 is 1.11 bits per heavy atom. The highest BCUT2D eigenvalue weighted by Gasteiger charge is 2.34. The Bertz CT molecular complexity index is 270. The first kappa shape index (κ1) is 15.3. The molecule has 2 saturated carbocycles. The first-order chi connectivity index (χ1) is 9.02. The zero-order chi connectivity index (χ0) is 13.9. The molecule has 0 aromatic heterocycles. The van der Waals surface area contributed by atoms with Crippen LogP contribution in [0.5, 0.6) is 0 Å². The van der Waals surface area contributed by atoms with Crippen LogP contribution in [0.25, 0.3) is 0 Å². The van der Waals surface area contributed by atoms with Crippen molar-refractivity contribution >= 4 is 0 Å². The topological polar surface area (TPSA) is 32.3 Å². The maximum absolute atomic E-state index is 10.7. The van der Waals surface area contributed by atoms with Gasteiger partial charge in [0, 0.05) is 12.6 Å². The standard InChI is InChI=1S/C17H33NO/c1-4-15-7-9-17(19,10-8-15)12-18-16-11-13(2)5-6-14(16)3/h13-16,18-19H,4-12H2,1-3H3. The van der Waals surface area contributed by atoms with Gasteiger partial charge in [-0.1, -0.05) is 33.6 Å². The van der Waals surface area contributed by atoms with Crippen LogP contribution in [0.2, 0.25) is 0 Å². The quantitative estimate of drug-likeness (QED) is 0.813. The predicted octanol–water partition coefficient (Wildman–Crippen LogP) is 3.73. The van der Waals surface area contributed by atoms with E-state index in [-0.39, 0.29) is 0 Å². The maximum atomic E-state index is 10.7. The summed E-state index contributed by atoms with van der Waals surface area (Å²) in [6.45, 7) is 7.81. The van der Waals surface area contributed by atoms with Gasteiger partial charge in [0.1, 0.15) is 0 Å². The molecule has 2 aliphatic rings. The molecule has 2 fully saturated rings. The van der Waals surface area contributed by atoms with Crippen molar-refractivity contribution in [2.24, 2.45) is 17.8 Å². The van der Waals surface area contributed by atoms with Crippen molar-refractivity contribution in [3.8, 4) is 0 Å². The zero-order valence-corrected chi connectivity index (χ0v) is 13.1. The van der Waals surface area contributed by atoms with E-state index < -0.39 is 5.60 Å². The number of rotatable bonds is 4. The molecule has 0 heterocycles. The lowest BCUT2D eigenvalue weighted by atomic mass is 9.76. The lowest BCUT2D eigenvalue weighted by Gasteiger charge is -2.39. The van der Waals surface area contributed by atoms with E-state index in [0.717, 1.165) is 37.1 Å². The fraction of sp³-hybridized carbons (Fsp3) is 1.00. The van der Waals surface area contributed by atoms with E-state index in [9.17, 15) is 5.11 Å². The van der Waals surface area contributed by atoms with E-state index in [0.29, 0.717) is 6.04 Å². The Labute approximate surface area is 119 Å². The van der Waals surface area contributed by atoms with Gasteiger partial charge >= 0.3 is 0 Å². The molecule has 3 atom stereocenters. The highest BCUT2D eigenvalue weighted by molar-refractivity contribution is 4.90. The van der Waals surface area contributed by atoms with Crippen molar-refractivity contribution in [1.29, 1.82) is 0 Å². The third kappa shape index (κ3) is 4.19. The van der Waals surface area contributed by atoms with Crippen LogP contribution in [0.1, 0.15) is 72.1 Å². The van der Waals surface area contributed by atoms with Crippen molar-refractivity contribution in [1.82, 2.24) is 5.32 Å². The molecule has 0 bridgehead atoms. The molecule has 2 heteroatoms. The Hall–Kier alpha value is -0.0800. The summed E-state index contributed by atoms with van der Waals surface area (Å²) in [6.07, 6.45) is 9.70. The third-order valence-corrected chi connectivity index (χ3v) is 5.76. The van der Waals surface area contributed by atoms with Crippen molar-refractivity contribution in [3.63, 3.8) is 0 Å². The second kappa shape index (κ2) is 6.58. The fourth-order valence-electron chi connectivity index (χ4n) is 3.94. The van der Waals surface area contributed by atoms with Gasteiger partial charge in [0.25, 0.3) is 0 Å². The lowest BCUT2D eigenvalue weighted by molar-refractivity contribution is -0.0136. The maximum Gasteiger partial charge on any atom is 0.0771 e. The minimum Gasteiger partial charge on any atom is -0.389 e. The van der Waals surface area contributed by atoms with Crippen LogP contribution < -0.4 is 5.32 Å². The van der Waals surface area contributed by atoms with Gasteiger partial charge in [-0.25, -0.2) is 0 Å². The molecule has 112 valence electrons. The summed E-state index contributed by atoms with van der Waals surface area (Å²) >= 11 is 0. The summed E-state index contributed by atoms with van der Waals surface area (Å²) in [5.41, 5.74) is -0.425. The van der Waals surface area contributed by atoms with Crippen LogP contribution in [-0.4, -0.2) is 23.3 Å². The van der Waals surface area contributed by atoms with Crippen LogP contribution >= 0.6 is 0 Å². The lowest BCUT2D eigenvalue weighted by Crippen LogP contribution is -2.49. The van der Waals surface area contributed by atoms with Crippen molar-refractivity contribution in [3.05, 3.63) is 0 Å². The number of hydrogen-bond donors (Lipinski definition) is 2. The van der Waals surface area contributed by atoms with Gasteiger partial charge in [0.2, 0.25) is 0 Å². The molecule has 2 nitrogen and oxygen atoms in total. The highest BCUT2D eigenvalue weighted by atomic mass is 16.3. The smallest absolute Gasteiger partial charge is 0.0771 e. The number of aliphatic hydroxyl groups is 1. The van der Waals surface area contributed by atoms with Crippen LogP contribution in [0, 0.1) is 17.8 Å². The van der Waals surface area contributed by atoms with Gasteiger partial charge in [-0.2, -0.15) is 0 Å². The first-order valence-corrected chi connectivity index (χ1v) is 8.48. The van der Waals surface area contributed by atoms with Gasteiger partial charge in [-0.05, 0) is 56.3 Å². The molecule has 0 aliphatic heterocycles. The molecule has 19 heavy (non-hydrogen) atoms. The van der Waals surface area contributed by atoms with E-state index in [1.165, 1.54) is 38.5 Å². The zero-order valence-electron chi connectivity index (χ0n) is 13.1. The summed E-state index contributed by atoms with van der Waals surface area (Å²) in [7, 11) is 0. The van der Waals surface area contributed by atoms with E-state index in [1.807, 2.05) is 0 Å². The Kier molecular flexibility index (Phi) is 5.30. The molecule has 0 amide bonds. The summed E-state index contributed by atoms with van der Waals surface area (Å²) in [4.78, 5) is 0. The van der Waals surface area contributed by atoms with E-state index in [2.05, 4.69) is 26.1 Å². The minimum absolute atomic E-state index is 0.425. The molecule has 2 aliphatic carbocycles. The average Bonchev–Trinajstić information content (AvgIpc) is 2.41. The van der Waals surface area contributed by atoms with Crippen LogP contribution in [0.15, 0.2) is 0 Å². The highest BCUT2D eigenvalue weighted by Crippen LogP contribution is 2.34. The molecule has 0 spiro atoms. The molecule has 2 rings (SSSR count). The average molecular weight is 267 g/mol. The molecular weight excluding hydrogens is 234 g/mol. The van der Waals surface area contributed by atoms with Gasteiger partial charge in [0.05, 0.1) is 5.60 Å². The molecule has 0 saturated heterocycles. The number of hydrogen-bond acceptors (Lipinski definition) is 2. The third-order valence-electron chi connectivity index (χ3n) is 5.76. The van der Waals surface area contributed by atoms with Crippen molar-refractivity contribution < 1.29 is 5.11 Å². The molecular formula is C17H33NO. The monoisotopic (exact) mass is 267 g/mol. The van der Waals surface area contributed by atoms with Crippen LogP contribution in [0.3, 0.4) is 0 Å². The number of nitrogens with one attached hydrogen (secondary N) is 1. The first-order valence-electron chi connectivity index (χ1n) is 8.48. The second-order valence-corrected chi connectivity index (χ2v) is 7.46. The summed E-state index contributed by atoms with van der Waals surface area (Å²) in [5, 5.41) is 14.4. The molecule has 3 unspecified atom stereocenters. The fourth-order valence-corrected chi connectivity index (χ4v) is 3.94. The van der Waals surface area contributed by atoms with Gasteiger partial charge in [-0.3, -0.25) is 0 Å². The van der Waals surface area contributed by atoms with E-state index in [1.54, 1.807) is 0 Å². The normalized spacial score (nSPS) is 44.2. The van der Waals surface area contributed by atoms with Crippen LogP contribution in [0.4, 0.5) is 0 Å². The van der Waals surface area contributed by atoms with E-state index in [4.69, 9.17) is 0 Å². The Balaban J connectivity index is 1.78. The summed E-state index contributed by atoms with van der Waals surface area (Å²) in [6, 6.07) is 0.622. The Morgan fingerprint density at radius 2 is 1.79 bits per heavy atom. The predicted molar refractivity (Wildman–Crippen MR) is 81.2 cm³/mol. The second-order valence-electron chi connectivity index (χ2n) is 7.46. The molecule has 2 N–H and O–H groups in total. The van der Waals surface area contributed by atoms with Gasteiger partial charge < -0.3 is 10.4 Å². The largest absolute Gasteiger partial charge is 0.389 e. The van der Waals surface area contributed by atoms with Crippen LogP contribution in [-0.2, 0) is 0 Å². The Morgan fingerprint density at radius 3 is 2.42 bits per heavy atom. The van der Waals surface area contributed by atoms with E-state index >= 15 is 0 Å². The van der Waals surface area contributed by atoms with Gasteiger partial charge in [-0.15, -0.1) is 0 Å². The molecule has 0 radical (unpaired) electrons. The molecule has 0 aromatic rings. The van der Waals surface area contributed by atoms with Gasteiger partial charge in [0.15, 0.2) is 0 Å². The summed E-state index contributed by atoms with van der Waals surface area (Å²) in [5.74, 6) is 2.47. The molecule has 0 aromatic carbocycles. The van der Waals surface area contributed by atoms with Crippen molar-refractivity contribution in [2.45, 2.75) is 83.8 Å². The summed E-state index contributed by atoms with van der Waals surface area (Å²) < 4.78 is 0.